The van der Waals surface area contributed by atoms with Gasteiger partial charge in [-0.1, -0.05) is 24.3 Å². The molecule has 16 heavy (non-hydrogen) atoms. The number of hydrogen-bond donors (Lipinski definition) is 1. The molecule has 1 N–H and O–H groups in total. The maximum Gasteiger partial charge on any atom is 0.341 e. The van der Waals surface area contributed by atoms with E-state index in [4.69, 9.17) is 9.84 Å². The number of rotatable bonds is 4. The van der Waals surface area contributed by atoms with E-state index in [0.29, 0.717) is 11.1 Å². The molecule has 0 spiro atoms. The van der Waals surface area contributed by atoms with E-state index in [0.717, 1.165) is 5.56 Å². The van der Waals surface area contributed by atoms with E-state index in [1.165, 1.54) is 20.5 Å². The number of carbonyl (C=O) groups is 1. The van der Waals surface area contributed by atoms with Crippen molar-refractivity contribution < 1.29 is 19.4 Å². The van der Waals surface area contributed by atoms with Gasteiger partial charge in [-0.3, -0.25) is 0 Å². The average Bonchev–Trinajstić information content (AvgIpc) is 2.35. The highest BCUT2D eigenvalue weighted by molar-refractivity contribution is 6.16. The molecule has 0 aliphatic carbocycles. The summed E-state index contributed by atoms with van der Waals surface area (Å²) in [4.78, 5) is 11.4. The average molecular weight is 222 g/mol. The van der Waals surface area contributed by atoms with Crippen molar-refractivity contribution in [2.45, 2.75) is 6.61 Å². The molecule has 1 rings (SSSR count). The van der Waals surface area contributed by atoms with Crippen LogP contribution in [0.3, 0.4) is 0 Å². The van der Waals surface area contributed by atoms with Gasteiger partial charge >= 0.3 is 5.97 Å². The first kappa shape index (κ1) is 12.3. The molecular weight excluding hydrogens is 208 g/mol. The van der Waals surface area contributed by atoms with Crippen LogP contribution < -0.4 is 0 Å². The highest BCUT2D eigenvalue weighted by Crippen LogP contribution is 2.16. The molecule has 0 aromatic heterocycles. The lowest BCUT2D eigenvalue weighted by Crippen LogP contribution is -2.04. The third-order valence-electron chi connectivity index (χ3n) is 2.09. The molecule has 86 valence electrons. The second kappa shape index (κ2) is 5.92. The van der Waals surface area contributed by atoms with Crippen molar-refractivity contribution in [2.24, 2.45) is 0 Å². The van der Waals surface area contributed by atoms with E-state index >= 15 is 0 Å². The van der Waals surface area contributed by atoms with Gasteiger partial charge in [-0.05, 0) is 11.1 Å². The lowest BCUT2D eigenvalue weighted by molar-refractivity contribution is -0.133. The lowest BCUT2D eigenvalue weighted by Gasteiger charge is -2.05. The van der Waals surface area contributed by atoms with Gasteiger partial charge in [-0.2, -0.15) is 0 Å². The van der Waals surface area contributed by atoms with Crippen molar-refractivity contribution in [3.8, 4) is 0 Å². The first-order valence-corrected chi connectivity index (χ1v) is 4.74. The van der Waals surface area contributed by atoms with E-state index in [9.17, 15) is 4.79 Å². The molecule has 0 aliphatic rings. The molecule has 0 aliphatic heterocycles. The van der Waals surface area contributed by atoms with Gasteiger partial charge in [0.05, 0.1) is 27.1 Å². The van der Waals surface area contributed by atoms with Crippen LogP contribution in [-0.4, -0.2) is 25.3 Å². The van der Waals surface area contributed by atoms with Crippen molar-refractivity contribution in [2.75, 3.05) is 14.2 Å². The Labute approximate surface area is 94.1 Å². The van der Waals surface area contributed by atoms with Crippen molar-refractivity contribution in [3.05, 3.63) is 41.7 Å². The van der Waals surface area contributed by atoms with Gasteiger partial charge in [-0.15, -0.1) is 0 Å². The summed E-state index contributed by atoms with van der Waals surface area (Å²) in [6.45, 7) is -0.0260. The topological polar surface area (TPSA) is 55.8 Å². The summed E-state index contributed by atoms with van der Waals surface area (Å²) < 4.78 is 9.46. The zero-order chi connectivity index (χ0) is 12.0. The van der Waals surface area contributed by atoms with E-state index in [1.54, 1.807) is 24.3 Å². The molecule has 1 aromatic carbocycles. The second-order valence-electron chi connectivity index (χ2n) is 3.11. The fourth-order valence-corrected chi connectivity index (χ4v) is 1.25. The maximum atomic E-state index is 11.4. The fraction of sp³-hybridized carbons (Fsp3) is 0.250. The minimum atomic E-state index is -0.460. The summed E-state index contributed by atoms with van der Waals surface area (Å²) in [5, 5.41) is 8.89. The number of hydrogen-bond acceptors (Lipinski definition) is 4. The number of carbonyl (C=O) groups excluding carboxylic acids is 1. The highest BCUT2D eigenvalue weighted by atomic mass is 16.5. The minimum absolute atomic E-state index is 0.0260. The second-order valence-corrected chi connectivity index (χ2v) is 3.11. The number of ether oxygens (including phenoxy) is 2. The molecule has 0 atom stereocenters. The van der Waals surface area contributed by atoms with Crippen LogP contribution in [0.15, 0.2) is 30.5 Å². The molecule has 0 fully saturated rings. The third-order valence-corrected chi connectivity index (χ3v) is 2.09. The van der Waals surface area contributed by atoms with E-state index in [-0.39, 0.29) is 6.61 Å². The quantitative estimate of drug-likeness (QED) is 0.474. The molecule has 0 amide bonds. The Balaban J connectivity index is 3.02. The van der Waals surface area contributed by atoms with Crippen LogP contribution in [-0.2, 0) is 20.9 Å². The summed E-state index contributed by atoms with van der Waals surface area (Å²) >= 11 is 0. The van der Waals surface area contributed by atoms with Crippen LogP contribution >= 0.6 is 0 Å². The lowest BCUT2D eigenvalue weighted by atomic mass is 10.1. The van der Waals surface area contributed by atoms with Crippen LogP contribution in [0.2, 0.25) is 0 Å². The largest absolute Gasteiger partial charge is 0.503 e. The molecule has 0 unspecified atom stereocenters. The number of benzene rings is 1. The summed E-state index contributed by atoms with van der Waals surface area (Å²) in [7, 11) is 2.78. The monoisotopic (exact) mass is 222 g/mol. The molecule has 4 heteroatoms. The van der Waals surface area contributed by atoms with Gasteiger partial charge < -0.3 is 14.6 Å². The number of aliphatic hydroxyl groups is 1. The maximum absolute atomic E-state index is 11.4. The van der Waals surface area contributed by atoms with Gasteiger partial charge in [0, 0.05) is 0 Å². The first-order chi connectivity index (χ1) is 7.72. The Morgan fingerprint density at radius 3 is 2.38 bits per heavy atom. The molecule has 4 nitrogen and oxygen atoms in total. The number of methoxy groups -OCH3 is 2. The normalized spacial score (nSPS) is 11.1. The van der Waals surface area contributed by atoms with Gasteiger partial charge in [-0.25, -0.2) is 4.79 Å². The van der Waals surface area contributed by atoms with Gasteiger partial charge in [0.15, 0.2) is 0 Å². The van der Waals surface area contributed by atoms with E-state index in [1.807, 2.05) is 0 Å². The minimum Gasteiger partial charge on any atom is -0.503 e. The highest BCUT2D eigenvalue weighted by Gasteiger charge is 2.12. The van der Waals surface area contributed by atoms with Crippen molar-refractivity contribution in [1.82, 2.24) is 0 Å². The van der Waals surface area contributed by atoms with Crippen LogP contribution in [0.1, 0.15) is 11.1 Å². The predicted octanol–water partition coefficient (Wildman–Crippen LogP) is 1.34. The van der Waals surface area contributed by atoms with Crippen LogP contribution in [0.25, 0.3) is 5.57 Å². The molecular formula is C12H14O4. The van der Waals surface area contributed by atoms with Gasteiger partial charge in [0.25, 0.3) is 0 Å². The Morgan fingerprint density at radius 1 is 1.31 bits per heavy atom. The molecule has 0 radical (unpaired) electrons. The summed E-state index contributed by atoms with van der Waals surface area (Å²) in [6, 6.07) is 6.93. The Morgan fingerprint density at radius 2 is 1.94 bits per heavy atom. The molecule has 0 heterocycles. The van der Waals surface area contributed by atoms with E-state index < -0.39 is 5.97 Å². The van der Waals surface area contributed by atoms with Crippen molar-refractivity contribution in [1.29, 1.82) is 0 Å². The fourth-order valence-electron chi connectivity index (χ4n) is 1.25. The van der Waals surface area contributed by atoms with Crippen molar-refractivity contribution in [3.63, 3.8) is 0 Å². The Hall–Kier alpha value is -1.81. The van der Waals surface area contributed by atoms with E-state index in [2.05, 4.69) is 4.74 Å². The first-order valence-electron chi connectivity index (χ1n) is 4.74. The zero-order valence-corrected chi connectivity index (χ0v) is 9.27. The smallest absolute Gasteiger partial charge is 0.341 e. The predicted molar refractivity (Wildman–Crippen MR) is 59.4 cm³/mol. The molecule has 0 saturated heterocycles. The molecule has 1 aromatic rings. The molecule has 0 saturated carbocycles. The zero-order valence-electron chi connectivity index (χ0n) is 9.27. The van der Waals surface area contributed by atoms with Crippen molar-refractivity contribution >= 4 is 11.5 Å². The summed E-state index contributed by atoms with van der Waals surface area (Å²) in [5.74, 6) is -0.460. The van der Waals surface area contributed by atoms with Crippen LogP contribution in [0.4, 0.5) is 0 Å². The summed E-state index contributed by atoms with van der Waals surface area (Å²) in [5.41, 5.74) is 1.81. The Bertz CT molecular complexity index is 379. The number of esters is 1. The Kier molecular flexibility index (Phi) is 4.54. The van der Waals surface area contributed by atoms with Gasteiger partial charge in [0.1, 0.15) is 5.57 Å². The molecule has 0 bridgehead atoms. The number of aliphatic hydroxyl groups excluding tert-OH is 1. The third kappa shape index (κ3) is 2.84. The SMILES string of the molecule is COC=C(C(=O)OC)c1ccc(CO)cc1. The summed E-state index contributed by atoms with van der Waals surface area (Å²) in [6.07, 6.45) is 1.33. The van der Waals surface area contributed by atoms with Crippen LogP contribution in [0, 0.1) is 0 Å². The standard InChI is InChI=1S/C12H14O4/c1-15-8-11(12(14)16-2)10-5-3-9(7-13)4-6-10/h3-6,8,13H,7H2,1-2H3. The van der Waals surface area contributed by atoms with Crippen LogP contribution in [0.5, 0.6) is 0 Å². The van der Waals surface area contributed by atoms with Gasteiger partial charge in [0.2, 0.25) is 0 Å².